The molecule has 0 heterocycles. The maximum absolute atomic E-state index is 13.6. The van der Waals surface area contributed by atoms with Crippen LogP contribution >= 0.6 is 12.2 Å². The van der Waals surface area contributed by atoms with E-state index in [1.54, 1.807) is 12.1 Å². The predicted octanol–water partition coefficient (Wildman–Crippen LogP) is 2.95. The van der Waals surface area contributed by atoms with Crippen molar-refractivity contribution in [1.29, 1.82) is 0 Å². The van der Waals surface area contributed by atoms with Crippen molar-refractivity contribution in [3.63, 3.8) is 0 Å². The molecule has 0 saturated carbocycles. The Morgan fingerprint density at radius 2 is 1.95 bits per heavy atom. The first-order valence-electron chi connectivity index (χ1n) is 6.18. The summed E-state index contributed by atoms with van der Waals surface area (Å²) in [5.74, 6) is 0.385. The standard InChI is InChI=1S/C15H15FN2OS/c16-14-10-11(6-7-13(14)15(17)20)18-8-9-19-12-4-2-1-3-5-12/h1-7,10,18H,8-9H2,(H2,17,20). The number of para-hydroxylation sites is 1. The molecule has 3 N–H and O–H groups in total. The molecule has 0 radical (unpaired) electrons. The second-order valence-electron chi connectivity index (χ2n) is 4.15. The lowest BCUT2D eigenvalue weighted by Gasteiger charge is -2.09. The van der Waals surface area contributed by atoms with E-state index in [9.17, 15) is 4.39 Å². The van der Waals surface area contributed by atoms with Gasteiger partial charge in [0.1, 0.15) is 23.2 Å². The summed E-state index contributed by atoms with van der Waals surface area (Å²) in [6.45, 7) is 1.06. The highest BCUT2D eigenvalue weighted by atomic mass is 32.1. The first-order valence-corrected chi connectivity index (χ1v) is 6.59. The van der Waals surface area contributed by atoms with Crippen LogP contribution in [-0.4, -0.2) is 18.1 Å². The van der Waals surface area contributed by atoms with Crippen LogP contribution in [0.4, 0.5) is 10.1 Å². The van der Waals surface area contributed by atoms with Gasteiger partial charge in [-0.05, 0) is 30.3 Å². The van der Waals surface area contributed by atoms with Crippen molar-refractivity contribution in [3.8, 4) is 5.75 Å². The van der Waals surface area contributed by atoms with Gasteiger partial charge in [-0.25, -0.2) is 4.39 Å². The Morgan fingerprint density at radius 1 is 1.20 bits per heavy atom. The third kappa shape index (κ3) is 3.93. The molecule has 2 aromatic carbocycles. The van der Waals surface area contributed by atoms with Crippen LogP contribution in [0.1, 0.15) is 5.56 Å². The molecular weight excluding hydrogens is 275 g/mol. The minimum absolute atomic E-state index is 0.0569. The lowest BCUT2D eigenvalue weighted by atomic mass is 10.2. The molecule has 0 fully saturated rings. The van der Waals surface area contributed by atoms with E-state index >= 15 is 0 Å². The number of anilines is 1. The van der Waals surface area contributed by atoms with E-state index in [1.165, 1.54) is 6.07 Å². The second kappa shape index (κ2) is 6.86. The van der Waals surface area contributed by atoms with Crippen LogP contribution in [0.2, 0.25) is 0 Å². The largest absolute Gasteiger partial charge is 0.492 e. The summed E-state index contributed by atoms with van der Waals surface area (Å²) in [6, 6.07) is 14.2. The van der Waals surface area contributed by atoms with Crippen LogP contribution < -0.4 is 15.8 Å². The zero-order chi connectivity index (χ0) is 14.4. The van der Waals surface area contributed by atoms with E-state index in [4.69, 9.17) is 22.7 Å². The molecule has 104 valence electrons. The second-order valence-corrected chi connectivity index (χ2v) is 4.59. The molecule has 0 aliphatic heterocycles. The van der Waals surface area contributed by atoms with E-state index in [2.05, 4.69) is 5.32 Å². The predicted molar refractivity (Wildman–Crippen MR) is 82.7 cm³/mol. The van der Waals surface area contributed by atoms with Crippen molar-refractivity contribution in [1.82, 2.24) is 0 Å². The van der Waals surface area contributed by atoms with E-state index in [1.807, 2.05) is 30.3 Å². The number of benzene rings is 2. The molecule has 2 aromatic rings. The van der Waals surface area contributed by atoms with Gasteiger partial charge in [0.2, 0.25) is 0 Å². The smallest absolute Gasteiger partial charge is 0.135 e. The summed E-state index contributed by atoms with van der Waals surface area (Å²) < 4.78 is 19.2. The van der Waals surface area contributed by atoms with Crippen molar-refractivity contribution in [2.45, 2.75) is 0 Å². The van der Waals surface area contributed by atoms with Gasteiger partial charge in [-0.2, -0.15) is 0 Å². The SMILES string of the molecule is NC(=S)c1ccc(NCCOc2ccccc2)cc1F. The quantitative estimate of drug-likeness (QED) is 0.634. The van der Waals surface area contributed by atoms with Gasteiger partial charge in [-0.15, -0.1) is 0 Å². The van der Waals surface area contributed by atoms with Gasteiger partial charge in [-0.1, -0.05) is 30.4 Å². The van der Waals surface area contributed by atoms with Crippen molar-refractivity contribution < 1.29 is 9.13 Å². The highest BCUT2D eigenvalue weighted by Gasteiger charge is 2.05. The molecule has 0 aromatic heterocycles. The first kappa shape index (κ1) is 14.3. The third-order valence-corrected chi connectivity index (χ3v) is 2.90. The molecule has 0 spiro atoms. The van der Waals surface area contributed by atoms with Crippen molar-refractivity contribution in [3.05, 3.63) is 59.9 Å². The summed E-state index contributed by atoms with van der Waals surface area (Å²) in [6.07, 6.45) is 0. The normalized spacial score (nSPS) is 10.1. The fourth-order valence-electron chi connectivity index (χ4n) is 1.71. The molecule has 0 saturated heterocycles. The lowest BCUT2D eigenvalue weighted by Crippen LogP contribution is -2.14. The first-order chi connectivity index (χ1) is 9.66. The number of rotatable bonds is 6. The molecule has 0 aliphatic rings. The van der Waals surface area contributed by atoms with Crippen molar-refractivity contribution >= 4 is 22.9 Å². The Morgan fingerprint density at radius 3 is 2.60 bits per heavy atom. The number of halogens is 1. The van der Waals surface area contributed by atoms with E-state index in [0.29, 0.717) is 18.8 Å². The Kier molecular flexibility index (Phi) is 4.90. The summed E-state index contributed by atoms with van der Waals surface area (Å²) in [5.41, 5.74) is 6.32. The van der Waals surface area contributed by atoms with E-state index in [0.717, 1.165) is 5.75 Å². The van der Waals surface area contributed by atoms with Crippen molar-refractivity contribution in [2.75, 3.05) is 18.5 Å². The molecule has 0 amide bonds. The minimum Gasteiger partial charge on any atom is -0.492 e. The number of nitrogens with two attached hydrogens (primary N) is 1. The monoisotopic (exact) mass is 290 g/mol. The molecule has 0 aliphatic carbocycles. The molecule has 5 heteroatoms. The van der Waals surface area contributed by atoms with Crippen LogP contribution in [0, 0.1) is 5.82 Å². The molecule has 0 unspecified atom stereocenters. The van der Waals surface area contributed by atoms with Gasteiger partial charge in [0.15, 0.2) is 0 Å². The van der Waals surface area contributed by atoms with Crippen LogP contribution in [0.5, 0.6) is 5.75 Å². The van der Waals surface area contributed by atoms with E-state index < -0.39 is 5.82 Å². The zero-order valence-electron chi connectivity index (χ0n) is 10.8. The summed E-state index contributed by atoms with van der Waals surface area (Å²) in [4.78, 5) is 0.0569. The average molecular weight is 290 g/mol. The van der Waals surface area contributed by atoms with Gasteiger partial charge in [0, 0.05) is 17.8 Å². The van der Waals surface area contributed by atoms with Gasteiger partial charge in [0.05, 0.1) is 0 Å². The van der Waals surface area contributed by atoms with Crippen molar-refractivity contribution in [2.24, 2.45) is 5.73 Å². The summed E-state index contributed by atoms with van der Waals surface area (Å²) in [5, 5.41) is 3.07. The maximum atomic E-state index is 13.6. The number of ether oxygens (including phenoxy) is 1. The molecule has 20 heavy (non-hydrogen) atoms. The Labute approximate surface area is 122 Å². The van der Waals surface area contributed by atoms with Crippen LogP contribution in [-0.2, 0) is 0 Å². The van der Waals surface area contributed by atoms with Gasteiger partial charge in [0.25, 0.3) is 0 Å². The van der Waals surface area contributed by atoms with Crippen LogP contribution in [0.15, 0.2) is 48.5 Å². The Hall–Kier alpha value is -2.14. The fourth-order valence-corrected chi connectivity index (χ4v) is 1.87. The Balaban J connectivity index is 1.83. The number of nitrogens with one attached hydrogen (secondary N) is 1. The summed E-state index contributed by atoms with van der Waals surface area (Å²) in [7, 11) is 0. The summed E-state index contributed by atoms with van der Waals surface area (Å²) >= 11 is 4.75. The minimum atomic E-state index is -0.425. The Bertz CT molecular complexity index is 590. The molecule has 2 rings (SSSR count). The number of hydrogen-bond acceptors (Lipinski definition) is 3. The van der Waals surface area contributed by atoms with E-state index in [-0.39, 0.29) is 10.6 Å². The third-order valence-electron chi connectivity index (χ3n) is 2.68. The van der Waals surface area contributed by atoms with Gasteiger partial charge < -0.3 is 15.8 Å². The molecule has 3 nitrogen and oxygen atoms in total. The van der Waals surface area contributed by atoms with Gasteiger partial charge >= 0.3 is 0 Å². The topological polar surface area (TPSA) is 47.3 Å². The fraction of sp³-hybridized carbons (Fsp3) is 0.133. The maximum Gasteiger partial charge on any atom is 0.135 e. The lowest BCUT2D eigenvalue weighted by molar-refractivity contribution is 0.333. The molecule has 0 atom stereocenters. The molecular formula is C15H15FN2OS. The highest BCUT2D eigenvalue weighted by Crippen LogP contribution is 2.14. The molecule has 0 bridgehead atoms. The van der Waals surface area contributed by atoms with Crippen LogP contribution in [0.3, 0.4) is 0 Å². The number of hydrogen-bond donors (Lipinski definition) is 2. The zero-order valence-corrected chi connectivity index (χ0v) is 11.6. The average Bonchev–Trinajstić information content (AvgIpc) is 2.44. The number of thiocarbonyl (C=S) groups is 1. The van der Waals surface area contributed by atoms with Crippen LogP contribution in [0.25, 0.3) is 0 Å². The highest BCUT2D eigenvalue weighted by molar-refractivity contribution is 7.80. The van der Waals surface area contributed by atoms with Gasteiger partial charge in [-0.3, -0.25) is 0 Å².